The fourth-order valence-electron chi connectivity index (χ4n) is 1.29. The minimum Gasteiger partial charge on any atom is -0.434 e. The topological polar surface area (TPSA) is 64.4 Å². The number of aliphatic imine (C=N–C) groups is 1. The summed E-state index contributed by atoms with van der Waals surface area (Å²) >= 11 is 0. The number of nitrogens with two attached hydrogens (primary N) is 1. The van der Waals surface area contributed by atoms with E-state index in [9.17, 15) is 0 Å². The van der Waals surface area contributed by atoms with E-state index in [-0.39, 0.29) is 0 Å². The molecule has 0 radical (unpaired) electrons. The second kappa shape index (κ2) is 2.99. The molecular weight excluding hydrogens is 178 g/mol. The van der Waals surface area contributed by atoms with Crippen molar-refractivity contribution in [1.82, 2.24) is 4.98 Å². The standard InChI is InChI=1S/C10H9N3O/c1-6(11)9-8(12-2)7-4-3-5-13-10(7)14-9/h3-5H,1-2,11H2. The first kappa shape index (κ1) is 8.50. The first-order valence-corrected chi connectivity index (χ1v) is 4.03. The summed E-state index contributed by atoms with van der Waals surface area (Å²) in [4.78, 5) is 7.90. The van der Waals surface area contributed by atoms with Crippen LogP contribution in [-0.4, -0.2) is 11.7 Å². The maximum absolute atomic E-state index is 5.55. The molecule has 0 unspecified atom stereocenters. The van der Waals surface area contributed by atoms with Gasteiger partial charge in [0.2, 0.25) is 5.71 Å². The van der Waals surface area contributed by atoms with Gasteiger partial charge in [-0.1, -0.05) is 6.58 Å². The van der Waals surface area contributed by atoms with Gasteiger partial charge in [-0.25, -0.2) is 4.98 Å². The maximum atomic E-state index is 5.55. The van der Waals surface area contributed by atoms with Crippen LogP contribution < -0.4 is 5.73 Å². The molecule has 4 heteroatoms. The molecule has 4 nitrogen and oxygen atoms in total. The van der Waals surface area contributed by atoms with Crippen molar-refractivity contribution in [3.63, 3.8) is 0 Å². The summed E-state index contributed by atoms with van der Waals surface area (Å²) in [6.07, 6.45) is 1.64. The van der Waals surface area contributed by atoms with Crippen LogP contribution in [0, 0.1) is 0 Å². The van der Waals surface area contributed by atoms with Crippen LogP contribution in [0.15, 0.2) is 34.3 Å². The number of rotatable bonds is 2. The Labute approximate surface area is 80.8 Å². The molecule has 0 aliphatic heterocycles. The molecule has 0 saturated heterocycles. The monoisotopic (exact) mass is 187 g/mol. The molecule has 0 atom stereocenters. The predicted octanol–water partition coefficient (Wildman–Crippen LogP) is 2.09. The van der Waals surface area contributed by atoms with Crippen LogP contribution in [0.4, 0.5) is 5.69 Å². The summed E-state index contributed by atoms with van der Waals surface area (Å²) in [5.41, 5.74) is 6.97. The summed E-state index contributed by atoms with van der Waals surface area (Å²) in [5, 5.41) is 0.795. The largest absolute Gasteiger partial charge is 0.434 e. The van der Waals surface area contributed by atoms with Crippen LogP contribution in [0.2, 0.25) is 0 Å². The molecule has 0 spiro atoms. The highest BCUT2D eigenvalue weighted by Crippen LogP contribution is 2.33. The van der Waals surface area contributed by atoms with Gasteiger partial charge in [0.05, 0.1) is 11.1 Å². The van der Waals surface area contributed by atoms with Crippen molar-refractivity contribution >= 4 is 29.2 Å². The Morgan fingerprint density at radius 3 is 3.00 bits per heavy atom. The molecule has 0 aliphatic rings. The highest BCUT2D eigenvalue weighted by atomic mass is 16.3. The molecule has 2 heterocycles. The van der Waals surface area contributed by atoms with E-state index in [0.717, 1.165) is 5.39 Å². The Balaban J connectivity index is 2.85. The van der Waals surface area contributed by atoms with Crippen LogP contribution in [0.3, 0.4) is 0 Å². The smallest absolute Gasteiger partial charge is 0.229 e. The van der Waals surface area contributed by atoms with Gasteiger partial charge in [-0.05, 0) is 18.9 Å². The number of hydrogen-bond donors (Lipinski definition) is 1. The molecule has 2 N–H and O–H groups in total. The second-order valence-corrected chi connectivity index (χ2v) is 2.82. The minimum atomic E-state index is 0.324. The fourth-order valence-corrected chi connectivity index (χ4v) is 1.29. The van der Waals surface area contributed by atoms with Gasteiger partial charge in [0.15, 0.2) is 5.76 Å². The van der Waals surface area contributed by atoms with Gasteiger partial charge in [0.25, 0.3) is 0 Å². The van der Waals surface area contributed by atoms with Crippen LogP contribution in [0.1, 0.15) is 5.76 Å². The van der Waals surface area contributed by atoms with E-state index >= 15 is 0 Å². The molecule has 0 amide bonds. The Morgan fingerprint density at radius 1 is 1.57 bits per heavy atom. The van der Waals surface area contributed by atoms with E-state index in [2.05, 4.69) is 23.3 Å². The van der Waals surface area contributed by atoms with Gasteiger partial charge < -0.3 is 10.2 Å². The zero-order valence-electron chi connectivity index (χ0n) is 7.53. The van der Waals surface area contributed by atoms with E-state index in [4.69, 9.17) is 10.2 Å². The van der Waals surface area contributed by atoms with Gasteiger partial charge >= 0.3 is 0 Å². The second-order valence-electron chi connectivity index (χ2n) is 2.82. The maximum Gasteiger partial charge on any atom is 0.229 e. The summed E-state index contributed by atoms with van der Waals surface area (Å²) in [6.45, 7) is 7.06. The van der Waals surface area contributed by atoms with Crippen LogP contribution >= 0.6 is 0 Å². The van der Waals surface area contributed by atoms with Crippen LogP contribution in [0.25, 0.3) is 16.8 Å². The van der Waals surface area contributed by atoms with Gasteiger partial charge in [-0.3, -0.25) is 4.99 Å². The third-order valence-electron chi connectivity index (χ3n) is 1.89. The summed E-state index contributed by atoms with van der Waals surface area (Å²) in [7, 11) is 0. The van der Waals surface area contributed by atoms with Crippen molar-refractivity contribution in [3.05, 3.63) is 30.7 Å². The molecule has 0 aliphatic carbocycles. The van der Waals surface area contributed by atoms with Gasteiger partial charge in [-0.2, -0.15) is 0 Å². The van der Waals surface area contributed by atoms with E-state index in [1.165, 1.54) is 0 Å². The number of aromatic nitrogens is 1. The van der Waals surface area contributed by atoms with E-state index < -0.39 is 0 Å². The predicted molar refractivity (Wildman–Crippen MR) is 56.4 cm³/mol. The van der Waals surface area contributed by atoms with Crippen molar-refractivity contribution in [2.75, 3.05) is 0 Å². The van der Waals surface area contributed by atoms with Crippen molar-refractivity contribution in [2.24, 2.45) is 10.7 Å². The normalized spacial score (nSPS) is 10.3. The Hall–Kier alpha value is -2.10. The van der Waals surface area contributed by atoms with Crippen molar-refractivity contribution < 1.29 is 4.42 Å². The molecule has 14 heavy (non-hydrogen) atoms. The van der Waals surface area contributed by atoms with Gasteiger partial charge in [-0.15, -0.1) is 0 Å². The summed E-state index contributed by atoms with van der Waals surface area (Å²) in [6, 6.07) is 3.65. The molecule has 0 aromatic carbocycles. The van der Waals surface area contributed by atoms with Crippen molar-refractivity contribution in [2.45, 2.75) is 0 Å². The Bertz CT molecular complexity index is 513. The number of nitrogens with zero attached hydrogens (tertiary/aromatic N) is 2. The lowest BCUT2D eigenvalue weighted by molar-refractivity contribution is 0.588. The minimum absolute atomic E-state index is 0.324. The third-order valence-corrected chi connectivity index (χ3v) is 1.89. The molecule has 2 rings (SSSR count). The highest BCUT2D eigenvalue weighted by molar-refractivity contribution is 5.93. The average Bonchev–Trinajstić information content (AvgIpc) is 2.56. The lowest BCUT2D eigenvalue weighted by Gasteiger charge is -1.93. The SMILES string of the molecule is C=Nc1c(C(=C)N)oc2ncccc12. The third kappa shape index (κ3) is 1.08. The molecule has 0 fully saturated rings. The first-order chi connectivity index (χ1) is 6.74. The molecular formula is C10H9N3O. The highest BCUT2D eigenvalue weighted by Gasteiger charge is 2.13. The van der Waals surface area contributed by atoms with Crippen molar-refractivity contribution in [1.29, 1.82) is 0 Å². The first-order valence-electron chi connectivity index (χ1n) is 4.03. The van der Waals surface area contributed by atoms with Crippen LogP contribution in [0.5, 0.6) is 0 Å². The van der Waals surface area contributed by atoms with Crippen molar-refractivity contribution in [3.8, 4) is 0 Å². The number of pyridine rings is 1. The summed E-state index contributed by atoms with van der Waals surface area (Å²) in [5.74, 6) is 0.439. The van der Waals surface area contributed by atoms with E-state index in [1.54, 1.807) is 12.3 Å². The summed E-state index contributed by atoms with van der Waals surface area (Å²) < 4.78 is 5.38. The van der Waals surface area contributed by atoms with Gasteiger partial charge in [0.1, 0.15) is 5.69 Å². The molecule has 70 valence electrons. The lowest BCUT2D eigenvalue weighted by atomic mass is 10.2. The molecule has 0 bridgehead atoms. The fraction of sp³-hybridized carbons (Fsp3) is 0. The quantitative estimate of drug-likeness (QED) is 0.732. The number of fused-ring (bicyclic) bond motifs is 1. The number of furan rings is 1. The lowest BCUT2D eigenvalue weighted by Crippen LogP contribution is -1.91. The average molecular weight is 187 g/mol. The zero-order chi connectivity index (χ0) is 10.1. The zero-order valence-corrected chi connectivity index (χ0v) is 7.53. The Kier molecular flexibility index (Phi) is 1.81. The van der Waals surface area contributed by atoms with Crippen LogP contribution in [-0.2, 0) is 0 Å². The van der Waals surface area contributed by atoms with Gasteiger partial charge in [0, 0.05) is 6.20 Å². The number of hydrogen-bond acceptors (Lipinski definition) is 4. The Morgan fingerprint density at radius 2 is 2.36 bits per heavy atom. The molecule has 2 aromatic heterocycles. The van der Waals surface area contributed by atoms with E-state index in [1.807, 2.05) is 6.07 Å². The van der Waals surface area contributed by atoms with E-state index in [0.29, 0.717) is 22.9 Å². The molecule has 0 saturated carbocycles. The molecule has 2 aromatic rings.